The molecule has 38 heavy (non-hydrogen) atoms. The van der Waals surface area contributed by atoms with E-state index in [-0.39, 0.29) is 12.4 Å². The molecular weight excluding hydrogens is 491 g/mol. The van der Waals surface area contributed by atoms with Gasteiger partial charge in [0.2, 0.25) is 0 Å². The molecule has 4 N–H and O–H groups in total. The Hall–Kier alpha value is -3.01. The molecule has 5 rings (SSSR count). The molecule has 0 aromatic heterocycles. The lowest BCUT2D eigenvalue weighted by Gasteiger charge is -2.40. The first-order valence-electron chi connectivity index (χ1n) is 12.8. The number of hydrogen-bond donors (Lipinski definition) is 4. The van der Waals surface area contributed by atoms with Crippen LogP contribution in [0.2, 0.25) is 0 Å². The molecule has 3 aromatic rings. The topological polar surface area (TPSA) is 109 Å². The minimum Gasteiger partial charge on any atom is -0.489 e. The molecule has 2 heterocycles. The normalized spacial score (nSPS) is 28.6. The molecule has 2 aliphatic rings. The predicted molar refractivity (Wildman–Crippen MR) is 138 cm³/mol. The van der Waals surface area contributed by atoms with Crippen molar-refractivity contribution in [3.05, 3.63) is 94.3 Å². The van der Waals surface area contributed by atoms with Crippen LogP contribution in [-0.2, 0) is 17.6 Å². The fourth-order valence-electron chi connectivity index (χ4n) is 5.16. The average molecular weight is 525 g/mol. The highest BCUT2D eigenvalue weighted by Crippen LogP contribution is 2.37. The third kappa shape index (κ3) is 5.28. The molecular formula is C30H33FO7. The van der Waals surface area contributed by atoms with Crippen LogP contribution in [0.4, 0.5) is 4.39 Å². The van der Waals surface area contributed by atoms with Gasteiger partial charge in [-0.3, -0.25) is 0 Å². The van der Waals surface area contributed by atoms with Crippen molar-refractivity contribution in [1.29, 1.82) is 0 Å². The summed E-state index contributed by atoms with van der Waals surface area (Å²) in [6.07, 6.45) is -4.91. The lowest BCUT2D eigenvalue weighted by atomic mass is 9.89. The zero-order valence-corrected chi connectivity index (χ0v) is 21.4. The van der Waals surface area contributed by atoms with Crippen LogP contribution in [0, 0.1) is 12.7 Å². The molecule has 7 nitrogen and oxygen atoms in total. The largest absolute Gasteiger partial charge is 0.489 e. The van der Waals surface area contributed by atoms with Gasteiger partial charge in [-0.1, -0.05) is 36.4 Å². The highest BCUT2D eigenvalue weighted by Gasteiger charge is 2.44. The van der Waals surface area contributed by atoms with Gasteiger partial charge >= 0.3 is 0 Å². The number of halogens is 1. The maximum Gasteiger partial charge on any atom is 0.144 e. The van der Waals surface area contributed by atoms with Gasteiger partial charge in [0.05, 0.1) is 6.61 Å². The Balaban J connectivity index is 1.24. The van der Waals surface area contributed by atoms with Gasteiger partial charge in [-0.05, 0) is 66.8 Å². The van der Waals surface area contributed by atoms with Gasteiger partial charge in [0.15, 0.2) is 0 Å². The van der Waals surface area contributed by atoms with Crippen LogP contribution < -0.4 is 9.47 Å². The summed E-state index contributed by atoms with van der Waals surface area (Å²) in [5.41, 5.74) is 3.70. The molecule has 2 aliphatic heterocycles. The summed E-state index contributed by atoms with van der Waals surface area (Å²) >= 11 is 0. The SMILES string of the molecule is Cc1ccc([C@@H]2O[C@H](CO)[C@@H](O)[C@H](O)[C@H]2O)cc1Cc1ccc(OCC2(C)Cc3c(F)cccc3O2)cc1. The van der Waals surface area contributed by atoms with Crippen LogP contribution in [0.25, 0.3) is 0 Å². The number of fused-ring (bicyclic) bond motifs is 1. The van der Waals surface area contributed by atoms with Crippen molar-refractivity contribution in [1.82, 2.24) is 0 Å². The average Bonchev–Trinajstić information content (AvgIpc) is 3.26. The first-order chi connectivity index (χ1) is 18.2. The molecule has 0 spiro atoms. The molecule has 1 saturated heterocycles. The van der Waals surface area contributed by atoms with Crippen molar-refractivity contribution < 1.29 is 39.0 Å². The van der Waals surface area contributed by atoms with Crippen LogP contribution in [0.1, 0.15) is 40.8 Å². The van der Waals surface area contributed by atoms with E-state index < -0.39 is 42.7 Å². The Morgan fingerprint density at radius 1 is 1.00 bits per heavy atom. The van der Waals surface area contributed by atoms with Gasteiger partial charge in [-0.15, -0.1) is 0 Å². The molecule has 3 aromatic carbocycles. The monoisotopic (exact) mass is 524 g/mol. The van der Waals surface area contributed by atoms with E-state index in [0.717, 1.165) is 16.7 Å². The Morgan fingerprint density at radius 2 is 1.76 bits per heavy atom. The van der Waals surface area contributed by atoms with Crippen molar-refractivity contribution >= 4 is 0 Å². The minimum atomic E-state index is -1.42. The van der Waals surface area contributed by atoms with Gasteiger partial charge < -0.3 is 34.6 Å². The molecule has 0 bridgehead atoms. The quantitative estimate of drug-likeness (QED) is 0.376. The Labute approximate surface area is 221 Å². The van der Waals surface area contributed by atoms with Crippen LogP contribution in [0.3, 0.4) is 0 Å². The molecule has 6 atom stereocenters. The fourth-order valence-corrected chi connectivity index (χ4v) is 5.16. The number of aliphatic hydroxyl groups excluding tert-OH is 4. The number of benzene rings is 3. The zero-order chi connectivity index (χ0) is 27.0. The van der Waals surface area contributed by atoms with E-state index >= 15 is 0 Å². The van der Waals surface area contributed by atoms with E-state index in [2.05, 4.69) is 0 Å². The molecule has 1 fully saturated rings. The van der Waals surface area contributed by atoms with Crippen molar-refractivity contribution in [2.45, 2.75) is 62.8 Å². The van der Waals surface area contributed by atoms with E-state index in [1.165, 1.54) is 6.07 Å². The smallest absolute Gasteiger partial charge is 0.144 e. The van der Waals surface area contributed by atoms with Gasteiger partial charge in [-0.2, -0.15) is 0 Å². The summed E-state index contributed by atoms with van der Waals surface area (Å²) in [7, 11) is 0. The molecule has 8 heteroatoms. The number of aliphatic hydroxyl groups is 4. The lowest BCUT2D eigenvalue weighted by molar-refractivity contribution is -0.231. The van der Waals surface area contributed by atoms with Crippen LogP contribution >= 0.6 is 0 Å². The van der Waals surface area contributed by atoms with Gasteiger partial charge in [0.25, 0.3) is 0 Å². The Morgan fingerprint density at radius 3 is 2.47 bits per heavy atom. The minimum absolute atomic E-state index is 0.263. The summed E-state index contributed by atoms with van der Waals surface area (Å²) in [4.78, 5) is 0. The molecule has 0 radical (unpaired) electrons. The van der Waals surface area contributed by atoms with Crippen LogP contribution in [0.5, 0.6) is 11.5 Å². The van der Waals surface area contributed by atoms with Gasteiger partial charge in [0, 0.05) is 12.0 Å². The first kappa shape index (κ1) is 26.6. The van der Waals surface area contributed by atoms with E-state index in [9.17, 15) is 24.8 Å². The predicted octanol–water partition coefficient (Wildman–Crippen LogP) is 3.01. The summed E-state index contributed by atoms with van der Waals surface area (Å²) < 4.78 is 31.8. The van der Waals surface area contributed by atoms with Gasteiger partial charge in [-0.25, -0.2) is 4.39 Å². The Bertz CT molecular complexity index is 1280. The molecule has 0 amide bonds. The third-order valence-corrected chi connectivity index (χ3v) is 7.44. The van der Waals surface area contributed by atoms with E-state index in [1.54, 1.807) is 12.1 Å². The number of aryl methyl sites for hydroxylation is 1. The fraction of sp³-hybridized carbons (Fsp3) is 0.400. The number of hydrogen-bond acceptors (Lipinski definition) is 7. The highest BCUT2D eigenvalue weighted by atomic mass is 19.1. The van der Waals surface area contributed by atoms with Gasteiger partial charge in [0.1, 0.15) is 60.0 Å². The van der Waals surface area contributed by atoms with Crippen LogP contribution in [0.15, 0.2) is 60.7 Å². The molecule has 202 valence electrons. The maximum atomic E-state index is 14.1. The van der Waals surface area contributed by atoms with E-state index in [4.69, 9.17) is 14.2 Å². The highest BCUT2D eigenvalue weighted by molar-refractivity contribution is 5.41. The lowest BCUT2D eigenvalue weighted by Crippen LogP contribution is -2.55. The second kappa shape index (κ2) is 10.6. The standard InChI is InChI=1S/C30H33FO7/c1-17-6-9-19(29-28(35)27(34)26(33)25(15-32)37-29)13-20(17)12-18-7-10-21(11-8-18)36-16-30(2)14-22-23(31)4-3-5-24(22)38-30/h3-11,13,25-29,32-35H,12,14-16H2,1-2H3/t25-,26-,27+,28-,29+,30?/m1/s1. The number of ether oxygens (including phenoxy) is 3. The van der Waals surface area contributed by atoms with E-state index in [1.807, 2.05) is 56.3 Å². The van der Waals surface area contributed by atoms with E-state index in [0.29, 0.717) is 35.5 Å². The summed E-state index contributed by atoms with van der Waals surface area (Å²) in [5.74, 6) is 0.982. The first-order valence-corrected chi connectivity index (χ1v) is 12.8. The molecule has 1 unspecified atom stereocenters. The summed E-state index contributed by atoms with van der Waals surface area (Å²) in [6, 6.07) is 18.2. The maximum absolute atomic E-state index is 14.1. The summed E-state index contributed by atoms with van der Waals surface area (Å²) in [6.45, 7) is 3.71. The van der Waals surface area contributed by atoms with Crippen LogP contribution in [-0.4, -0.2) is 63.7 Å². The summed E-state index contributed by atoms with van der Waals surface area (Å²) in [5, 5.41) is 40.3. The second-order valence-corrected chi connectivity index (χ2v) is 10.5. The van der Waals surface area contributed by atoms with Crippen molar-refractivity contribution in [2.24, 2.45) is 0 Å². The molecule has 0 aliphatic carbocycles. The van der Waals surface area contributed by atoms with Crippen molar-refractivity contribution in [3.63, 3.8) is 0 Å². The zero-order valence-electron chi connectivity index (χ0n) is 21.4. The second-order valence-electron chi connectivity index (χ2n) is 10.5. The molecule has 0 saturated carbocycles. The third-order valence-electron chi connectivity index (χ3n) is 7.44. The van der Waals surface area contributed by atoms with Crippen molar-refractivity contribution in [2.75, 3.05) is 13.2 Å². The Kier molecular flexibility index (Phi) is 7.44. The van der Waals surface area contributed by atoms with Crippen molar-refractivity contribution in [3.8, 4) is 11.5 Å². The number of rotatable bonds is 7.